The van der Waals surface area contributed by atoms with Gasteiger partial charge < -0.3 is 9.84 Å². The minimum atomic E-state index is -1.01. The largest absolute Gasteiger partial charge is 0.489 e. The summed E-state index contributed by atoms with van der Waals surface area (Å²) in [5.41, 5.74) is -1.68. The summed E-state index contributed by atoms with van der Waals surface area (Å²) in [5.74, 6) is 0.0984. The number of nitro groups is 1. The number of nitrogens with zero attached hydrogens (tertiary/aromatic N) is 3. The minimum absolute atomic E-state index is 0.0264. The lowest BCUT2D eigenvalue weighted by Gasteiger charge is -2.53. The Morgan fingerprint density at radius 1 is 1.46 bits per heavy atom. The second-order valence-corrected chi connectivity index (χ2v) is 7.48. The van der Waals surface area contributed by atoms with Crippen molar-refractivity contribution >= 4 is 11.8 Å². The lowest BCUT2D eigenvalue weighted by molar-refractivity contribution is -0.385. The van der Waals surface area contributed by atoms with Crippen molar-refractivity contribution in [2.24, 2.45) is 5.41 Å². The Morgan fingerprint density at radius 2 is 2.15 bits per heavy atom. The Hall–Kier alpha value is -2.82. The van der Waals surface area contributed by atoms with Crippen molar-refractivity contribution in [3.05, 3.63) is 33.9 Å². The second kappa shape index (κ2) is 7.20. The number of rotatable bonds is 4. The number of benzene rings is 1. The van der Waals surface area contributed by atoms with E-state index in [1.54, 1.807) is 0 Å². The molecule has 1 unspecified atom stereocenters. The molecule has 1 fully saturated rings. The van der Waals surface area contributed by atoms with Gasteiger partial charge >= 0.3 is 6.09 Å². The number of carbonyl (C=O) groups is 1. The molecule has 0 aliphatic carbocycles. The van der Waals surface area contributed by atoms with Crippen molar-refractivity contribution in [1.29, 1.82) is 5.26 Å². The summed E-state index contributed by atoms with van der Waals surface area (Å²) in [6.07, 6.45) is 1.26. The van der Waals surface area contributed by atoms with Crippen LogP contribution in [0.15, 0.2) is 18.2 Å². The molecule has 1 aromatic carbocycles. The highest BCUT2D eigenvalue weighted by Gasteiger charge is 2.51. The molecule has 0 bridgehead atoms. The minimum Gasteiger partial charge on any atom is -0.489 e. The molecule has 26 heavy (non-hydrogen) atoms. The van der Waals surface area contributed by atoms with E-state index in [4.69, 9.17) is 4.74 Å². The normalized spacial score (nSPS) is 20.3. The number of nitriles is 1. The highest BCUT2D eigenvalue weighted by molar-refractivity contribution is 5.66. The zero-order chi connectivity index (χ0) is 19.5. The van der Waals surface area contributed by atoms with Gasteiger partial charge in [0.1, 0.15) is 18.4 Å². The maximum absolute atomic E-state index is 11.8. The maximum Gasteiger partial charge on any atom is 0.407 e. The van der Waals surface area contributed by atoms with Crippen LogP contribution in [0.5, 0.6) is 5.75 Å². The van der Waals surface area contributed by atoms with Gasteiger partial charge in [-0.25, -0.2) is 4.79 Å². The summed E-state index contributed by atoms with van der Waals surface area (Å²) >= 11 is 0. The first-order valence-electron chi connectivity index (χ1n) is 8.45. The summed E-state index contributed by atoms with van der Waals surface area (Å²) in [6, 6.07) is 6.02. The first-order chi connectivity index (χ1) is 12.1. The van der Waals surface area contributed by atoms with Gasteiger partial charge in [-0.3, -0.25) is 15.0 Å². The highest BCUT2D eigenvalue weighted by Crippen LogP contribution is 2.43. The van der Waals surface area contributed by atoms with Gasteiger partial charge in [-0.1, -0.05) is 26.8 Å². The third-order valence-electron chi connectivity index (χ3n) is 5.14. The molecule has 1 atom stereocenters. The topological polar surface area (TPSA) is 117 Å². The van der Waals surface area contributed by atoms with Gasteiger partial charge in [-0.2, -0.15) is 5.26 Å². The Balaban J connectivity index is 2.41. The quantitative estimate of drug-likeness (QED) is 0.644. The number of amides is 1. The number of hydrogen-bond acceptors (Lipinski definition) is 5. The third kappa shape index (κ3) is 3.43. The van der Waals surface area contributed by atoms with E-state index in [9.17, 15) is 25.3 Å². The highest BCUT2D eigenvalue weighted by atomic mass is 16.6. The molecule has 2 rings (SSSR count). The van der Waals surface area contributed by atoms with Crippen LogP contribution >= 0.6 is 0 Å². The van der Waals surface area contributed by atoms with Gasteiger partial charge in [0.05, 0.1) is 10.5 Å². The monoisotopic (exact) mass is 361 g/mol. The number of nitro benzene ring substituents is 1. The van der Waals surface area contributed by atoms with Gasteiger partial charge in [0.25, 0.3) is 5.69 Å². The second-order valence-electron chi connectivity index (χ2n) is 7.48. The van der Waals surface area contributed by atoms with Crippen LogP contribution in [0.1, 0.15) is 45.6 Å². The fourth-order valence-corrected chi connectivity index (χ4v) is 3.56. The molecule has 1 heterocycles. The van der Waals surface area contributed by atoms with Crippen LogP contribution in [0.4, 0.5) is 10.5 Å². The van der Waals surface area contributed by atoms with Crippen molar-refractivity contribution in [3.63, 3.8) is 0 Å². The number of ether oxygens (including phenoxy) is 1. The Labute approximate surface area is 152 Å². The zero-order valence-electron chi connectivity index (χ0n) is 15.2. The van der Waals surface area contributed by atoms with Crippen molar-refractivity contribution in [3.8, 4) is 11.8 Å². The van der Waals surface area contributed by atoms with Crippen LogP contribution in [-0.4, -0.2) is 39.7 Å². The van der Waals surface area contributed by atoms with E-state index in [-0.39, 0.29) is 23.6 Å². The summed E-state index contributed by atoms with van der Waals surface area (Å²) in [4.78, 5) is 23.7. The van der Waals surface area contributed by atoms with Gasteiger partial charge in [0.15, 0.2) is 5.56 Å². The molecule has 0 aromatic heterocycles. The molecule has 1 aliphatic rings. The van der Waals surface area contributed by atoms with E-state index < -0.39 is 22.0 Å². The van der Waals surface area contributed by atoms with Gasteiger partial charge in [-0.05, 0) is 30.7 Å². The average Bonchev–Trinajstić information content (AvgIpc) is 2.58. The summed E-state index contributed by atoms with van der Waals surface area (Å²) in [7, 11) is 0. The van der Waals surface area contributed by atoms with Crippen LogP contribution < -0.4 is 4.74 Å². The van der Waals surface area contributed by atoms with Crippen LogP contribution in [0.2, 0.25) is 0 Å². The molecule has 8 nitrogen and oxygen atoms in total. The third-order valence-corrected chi connectivity index (χ3v) is 5.14. The maximum atomic E-state index is 11.8. The fourth-order valence-electron chi connectivity index (χ4n) is 3.56. The van der Waals surface area contributed by atoms with Crippen LogP contribution in [0.25, 0.3) is 0 Å². The first kappa shape index (κ1) is 19.5. The molecule has 1 N–H and O–H groups in total. The van der Waals surface area contributed by atoms with E-state index in [1.807, 2.05) is 26.8 Å². The van der Waals surface area contributed by atoms with Gasteiger partial charge in [0.2, 0.25) is 0 Å². The Morgan fingerprint density at radius 3 is 2.69 bits per heavy atom. The Bertz CT molecular complexity index is 750. The molecule has 1 aromatic rings. The predicted molar refractivity (Wildman–Crippen MR) is 94.1 cm³/mol. The molecule has 0 spiro atoms. The van der Waals surface area contributed by atoms with Crippen LogP contribution in [0, 0.1) is 26.9 Å². The molecule has 1 saturated heterocycles. The van der Waals surface area contributed by atoms with E-state index in [2.05, 4.69) is 0 Å². The van der Waals surface area contributed by atoms with E-state index >= 15 is 0 Å². The zero-order valence-corrected chi connectivity index (χ0v) is 15.2. The lowest BCUT2D eigenvalue weighted by atomic mass is 9.68. The molecule has 1 aliphatic heterocycles. The molecule has 1 amide bonds. The van der Waals surface area contributed by atoms with Crippen molar-refractivity contribution in [2.45, 2.75) is 45.6 Å². The number of likely N-dealkylation sites (tertiary alicyclic amines) is 1. The predicted octanol–water partition coefficient (Wildman–Crippen LogP) is 3.79. The van der Waals surface area contributed by atoms with Crippen LogP contribution in [-0.2, 0) is 0 Å². The SMILES string of the molecule is CC(C)(C)C1(COc2cccc([N+](=O)[O-])c2C#N)CCCCN1C(=O)O. The number of carboxylic acid groups (broad SMARTS) is 1. The molecule has 8 heteroatoms. The standard InChI is InChI=1S/C18H23N3O5/c1-17(2,3)18(9-4-5-10-20(18)16(22)23)12-26-15-8-6-7-14(21(24)25)13(15)11-19/h6-8H,4-5,9-10,12H2,1-3H3,(H,22,23). The average molecular weight is 361 g/mol. The molecule has 0 radical (unpaired) electrons. The van der Waals surface area contributed by atoms with E-state index in [0.29, 0.717) is 13.0 Å². The van der Waals surface area contributed by atoms with Crippen molar-refractivity contribution < 1.29 is 19.6 Å². The molecule has 0 saturated carbocycles. The van der Waals surface area contributed by atoms with Crippen LogP contribution in [0.3, 0.4) is 0 Å². The molecular weight excluding hydrogens is 338 g/mol. The molecule has 140 valence electrons. The van der Waals surface area contributed by atoms with Gasteiger partial charge in [-0.15, -0.1) is 0 Å². The Kier molecular flexibility index (Phi) is 5.40. The lowest BCUT2D eigenvalue weighted by Crippen LogP contribution is -2.64. The summed E-state index contributed by atoms with van der Waals surface area (Å²) < 4.78 is 5.84. The smallest absolute Gasteiger partial charge is 0.407 e. The molecular formula is C18H23N3O5. The summed E-state index contributed by atoms with van der Waals surface area (Å²) in [6.45, 7) is 6.30. The van der Waals surface area contributed by atoms with Gasteiger partial charge in [0, 0.05) is 12.6 Å². The van der Waals surface area contributed by atoms with Crippen molar-refractivity contribution in [1.82, 2.24) is 4.90 Å². The number of piperidine rings is 1. The fraction of sp³-hybridized carbons (Fsp3) is 0.556. The first-order valence-corrected chi connectivity index (χ1v) is 8.45. The van der Waals surface area contributed by atoms with E-state index in [1.165, 1.54) is 23.1 Å². The van der Waals surface area contributed by atoms with E-state index in [0.717, 1.165) is 12.8 Å². The summed E-state index contributed by atoms with van der Waals surface area (Å²) in [5, 5.41) is 30.1. The number of hydrogen-bond donors (Lipinski definition) is 1. The van der Waals surface area contributed by atoms with Crippen molar-refractivity contribution in [2.75, 3.05) is 13.2 Å².